The van der Waals surface area contributed by atoms with Crippen molar-refractivity contribution in [3.63, 3.8) is 0 Å². The predicted molar refractivity (Wildman–Crippen MR) is 75.4 cm³/mol. The van der Waals surface area contributed by atoms with Crippen molar-refractivity contribution in [2.24, 2.45) is 7.05 Å². The topological polar surface area (TPSA) is 61.2 Å². The molecule has 0 aliphatic carbocycles. The van der Waals surface area contributed by atoms with Gasteiger partial charge >= 0.3 is 0 Å². The van der Waals surface area contributed by atoms with E-state index in [0.717, 1.165) is 30.1 Å². The summed E-state index contributed by atoms with van der Waals surface area (Å²) in [5.74, 6) is 0.759. The number of pyridine rings is 1. The van der Waals surface area contributed by atoms with Gasteiger partial charge in [0.15, 0.2) is 0 Å². The Balaban J connectivity index is 1.76. The number of rotatable bonds is 8. The van der Waals surface area contributed by atoms with Gasteiger partial charge in [0.2, 0.25) is 0 Å². The third kappa shape index (κ3) is 4.64. The molecule has 2 heterocycles. The average molecular weight is 276 g/mol. The zero-order chi connectivity index (χ0) is 14.2. The van der Waals surface area contributed by atoms with E-state index in [-0.39, 0.29) is 0 Å². The number of hydrogen-bond acceptors (Lipinski definition) is 5. The Morgan fingerprint density at radius 3 is 2.85 bits per heavy atom. The van der Waals surface area contributed by atoms with Crippen LogP contribution in [-0.4, -0.2) is 35.0 Å². The summed E-state index contributed by atoms with van der Waals surface area (Å²) in [6, 6.07) is 3.88. The van der Waals surface area contributed by atoms with Crippen LogP contribution in [0, 0.1) is 0 Å². The molecule has 0 aliphatic heterocycles. The number of methoxy groups -OCH3 is 1. The summed E-state index contributed by atoms with van der Waals surface area (Å²) >= 11 is 0. The molecule has 20 heavy (non-hydrogen) atoms. The van der Waals surface area contributed by atoms with Gasteiger partial charge in [-0.3, -0.25) is 9.67 Å². The fourth-order valence-corrected chi connectivity index (χ4v) is 1.70. The standard InChI is InChI=1S/C14H20N4O2/c1-18-10-12(7-17-18)11-20-14-4-3-13(16-9-14)8-15-5-6-19-2/h3-4,7,9-10,15H,5-6,8,11H2,1-2H3. The zero-order valence-electron chi connectivity index (χ0n) is 11.9. The van der Waals surface area contributed by atoms with Crippen LogP contribution in [0.4, 0.5) is 0 Å². The van der Waals surface area contributed by atoms with Crippen LogP contribution in [0.25, 0.3) is 0 Å². The molecule has 0 aromatic carbocycles. The molecule has 0 radical (unpaired) electrons. The van der Waals surface area contributed by atoms with Crippen molar-refractivity contribution in [1.29, 1.82) is 0 Å². The van der Waals surface area contributed by atoms with Gasteiger partial charge in [-0.25, -0.2) is 0 Å². The number of aromatic nitrogens is 3. The molecule has 0 fully saturated rings. The van der Waals surface area contributed by atoms with Crippen LogP contribution in [0.2, 0.25) is 0 Å². The highest BCUT2D eigenvalue weighted by Crippen LogP contribution is 2.11. The van der Waals surface area contributed by atoms with E-state index in [1.807, 2.05) is 25.4 Å². The maximum absolute atomic E-state index is 5.65. The molecule has 2 rings (SSSR count). The molecule has 0 saturated carbocycles. The van der Waals surface area contributed by atoms with Crippen molar-refractivity contribution in [3.8, 4) is 5.75 Å². The van der Waals surface area contributed by atoms with Gasteiger partial charge in [0.05, 0.1) is 24.7 Å². The van der Waals surface area contributed by atoms with Crippen LogP contribution < -0.4 is 10.1 Å². The Morgan fingerprint density at radius 1 is 1.30 bits per heavy atom. The number of hydrogen-bond donors (Lipinski definition) is 1. The molecule has 1 N–H and O–H groups in total. The smallest absolute Gasteiger partial charge is 0.138 e. The lowest BCUT2D eigenvalue weighted by Gasteiger charge is -2.06. The minimum absolute atomic E-state index is 0.501. The SMILES string of the molecule is COCCNCc1ccc(OCc2cnn(C)c2)cn1. The van der Waals surface area contributed by atoms with Gasteiger partial charge in [0.25, 0.3) is 0 Å². The van der Waals surface area contributed by atoms with Gasteiger partial charge in [0, 0.05) is 39.0 Å². The largest absolute Gasteiger partial charge is 0.487 e. The van der Waals surface area contributed by atoms with Crippen LogP contribution in [0.15, 0.2) is 30.7 Å². The molecule has 0 aliphatic rings. The lowest BCUT2D eigenvalue weighted by Crippen LogP contribution is -2.19. The van der Waals surface area contributed by atoms with E-state index in [2.05, 4.69) is 15.4 Å². The third-order valence-electron chi connectivity index (χ3n) is 2.75. The number of nitrogens with zero attached hydrogens (tertiary/aromatic N) is 3. The predicted octanol–water partition coefficient (Wildman–Crippen LogP) is 1.13. The summed E-state index contributed by atoms with van der Waals surface area (Å²) in [4.78, 5) is 4.34. The average Bonchev–Trinajstić information content (AvgIpc) is 2.88. The fourth-order valence-electron chi connectivity index (χ4n) is 1.70. The first kappa shape index (κ1) is 14.5. The monoisotopic (exact) mass is 276 g/mol. The van der Waals surface area contributed by atoms with Crippen molar-refractivity contribution >= 4 is 0 Å². The third-order valence-corrected chi connectivity index (χ3v) is 2.75. The van der Waals surface area contributed by atoms with Crippen molar-refractivity contribution < 1.29 is 9.47 Å². The molecule has 0 amide bonds. The van der Waals surface area contributed by atoms with Crippen molar-refractivity contribution in [2.75, 3.05) is 20.3 Å². The van der Waals surface area contributed by atoms with Crippen LogP contribution in [0.3, 0.4) is 0 Å². The molecule has 0 bridgehead atoms. The minimum Gasteiger partial charge on any atom is -0.487 e. The maximum Gasteiger partial charge on any atom is 0.138 e. The second-order valence-electron chi connectivity index (χ2n) is 4.47. The summed E-state index contributed by atoms with van der Waals surface area (Å²) < 4.78 is 12.4. The highest BCUT2D eigenvalue weighted by Gasteiger charge is 2.00. The van der Waals surface area contributed by atoms with Crippen molar-refractivity contribution in [2.45, 2.75) is 13.2 Å². The normalized spacial score (nSPS) is 10.7. The molecule has 0 saturated heterocycles. The molecular formula is C14H20N4O2. The first-order valence-electron chi connectivity index (χ1n) is 6.53. The Bertz CT molecular complexity index is 510. The van der Waals surface area contributed by atoms with Crippen molar-refractivity contribution in [1.82, 2.24) is 20.1 Å². The van der Waals surface area contributed by atoms with E-state index < -0.39 is 0 Å². The van der Waals surface area contributed by atoms with Gasteiger partial charge in [-0.05, 0) is 12.1 Å². The highest BCUT2D eigenvalue weighted by molar-refractivity contribution is 5.20. The van der Waals surface area contributed by atoms with Gasteiger partial charge in [-0.1, -0.05) is 0 Å². The van der Waals surface area contributed by atoms with E-state index in [0.29, 0.717) is 13.2 Å². The molecule has 6 nitrogen and oxygen atoms in total. The lowest BCUT2D eigenvalue weighted by molar-refractivity contribution is 0.199. The molecule has 2 aromatic rings. The number of nitrogens with one attached hydrogen (secondary N) is 1. The van der Waals surface area contributed by atoms with Crippen LogP contribution >= 0.6 is 0 Å². The van der Waals surface area contributed by atoms with Crippen LogP contribution in [0.1, 0.15) is 11.3 Å². The van der Waals surface area contributed by atoms with Crippen molar-refractivity contribution in [3.05, 3.63) is 42.0 Å². The maximum atomic E-state index is 5.65. The molecule has 0 spiro atoms. The van der Waals surface area contributed by atoms with E-state index in [9.17, 15) is 0 Å². The molecule has 6 heteroatoms. The van der Waals surface area contributed by atoms with Crippen LogP contribution in [-0.2, 0) is 24.9 Å². The van der Waals surface area contributed by atoms with Crippen LogP contribution in [0.5, 0.6) is 5.75 Å². The molecule has 108 valence electrons. The van der Waals surface area contributed by atoms with E-state index in [1.54, 1.807) is 24.2 Å². The Hall–Kier alpha value is -1.92. The van der Waals surface area contributed by atoms with E-state index in [1.165, 1.54) is 0 Å². The fraction of sp³-hybridized carbons (Fsp3) is 0.429. The quantitative estimate of drug-likeness (QED) is 0.732. The Morgan fingerprint density at radius 2 is 2.20 bits per heavy atom. The van der Waals surface area contributed by atoms with E-state index in [4.69, 9.17) is 9.47 Å². The Kier molecular flexibility index (Phi) is 5.52. The zero-order valence-corrected chi connectivity index (χ0v) is 11.9. The lowest BCUT2D eigenvalue weighted by atomic mass is 10.3. The first-order chi connectivity index (χ1) is 9.78. The molecule has 2 aromatic heterocycles. The molecular weight excluding hydrogens is 256 g/mol. The van der Waals surface area contributed by atoms with Gasteiger partial charge in [-0.15, -0.1) is 0 Å². The van der Waals surface area contributed by atoms with Gasteiger partial charge in [-0.2, -0.15) is 5.10 Å². The number of aryl methyl sites for hydroxylation is 1. The second-order valence-corrected chi connectivity index (χ2v) is 4.47. The second kappa shape index (κ2) is 7.62. The van der Waals surface area contributed by atoms with E-state index >= 15 is 0 Å². The summed E-state index contributed by atoms with van der Waals surface area (Å²) in [5, 5.41) is 7.34. The van der Waals surface area contributed by atoms with Gasteiger partial charge < -0.3 is 14.8 Å². The molecule has 0 unspecified atom stereocenters. The number of ether oxygens (including phenoxy) is 2. The van der Waals surface area contributed by atoms with Gasteiger partial charge in [0.1, 0.15) is 12.4 Å². The summed E-state index contributed by atoms with van der Waals surface area (Å²) in [6.45, 7) is 2.75. The Labute approximate surface area is 118 Å². The summed E-state index contributed by atoms with van der Waals surface area (Å²) in [5.41, 5.74) is 2.02. The highest BCUT2D eigenvalue weighted by atomic mass is 16.5. The minimum atomic E-state index is 0.501. The summed E-state index contributed by atoms with van der Waals surface area (Å²) in [7, 11) is 3.57. The first-order valence-corrected chi connectivity index (χ1v) is 6.53. The molecule has 0 atom stereocenters. The summed E-state index contributed by atoms with van der Waals surface area (Å²) in [6.07, 6.45) is 5.47.